The second kappa shape index (κ2) is 7.98. The number of nitrogens with zero attached hydrogens (tertiary/aromatic N) is 2. The van der Waals surface area contributed by atoms with Crippen molar-refractivity contribution in [3.8, 4) is 17.6 Å². The molecule has 1 aliphatic heterocycles. The van der Waals surface area contributed by atoms with E-state index >= 15 is 0 Å². The van der Waals surface area contributed by atoms with E-state index in [2.05, 4.69) is 4.98 Å². The average molecular weight is 400 g/mol. The van der Waals surface area contributed by atoms with Crippen molar-refractivity contribution in [3.63, 3.8) is 0 Å². The van der Waals surface area contributed by atoms with E-state index in [4.69, 9.17) is 14.2 Å². The summed E-state index contributed by atoms with van der Waals surface area (Å²) in [7, 11) is 0. The van der Waals surface area contributed by atoms with E-state index in [0.717, 1.165) is 17.7 Å². The third kappa shape index (κ3) is 4.49. The molecule has 0 amide bonds. The number of carbonyl (C=O) groups is 2. The molecule has 0 N–H and O–H groups in total. The van der Waals surface area contributed by atoms with Crippen molar-refractivity contribution in [2.24, 2.45) is 0 Å². The van der Waals surface area contributed by atoms with Crippen LogP contribution in [0.4, 0.5) is 0 Å². The fraction of sp³-hybridized carbons (Fsp3) is 0.400. The first-order valence-electron chi connectivity index (χ1n) is 8.73. The van der Waals surface area contributed by atoms with E-state index in [-0.39, 0.29) is 12.2 Å². The van der Waals surface area contributed by atoms with E-state index in [9.17, 15) is 14.9 Å². The van der Waals surface area contributed by atoms with Crippen LogP contribution < -0.4 is 9.47 Å². The van der Waals surface area contributed by atoms with Crippen molar-refractivity contribution in [1.82, 2.24) is 4.98 Å². The Hall–Kier alpha value is -2.92. The van der Waals surface area contributed by atoms with E-state index in [0.29, 0.717) is 16.5 Å². The molecule has 1 aliphatic rings. The second-order valence-corrected chi connectivity index (χ2v) is 7.98. The van der Waals surface area contributed by atoms with Gasteiger partial charge in [-0.2, -0.15) is 5.26 Å². The monoisotopic (exact) mass is 400 g/mol. The Kier molecular flexibility index (Phi) is 5.66. The minimum atomic E-state index is -1.04. The Morgan fingerprint density at radius 3 is 2.86 bits per heavy atom. The maximum absolute atomic E-state index is 12.2. The van der Waals surface area contributed by atoms with Crippen LogP contribution in [0.1, 0.15) is 36.0 Å². The molecule has 1 atom stereocenters. The molecule has 0 spiro atoms. The highest BCUT2D eigenvalue weighted by atomic mass is 32.1. The summed E-state index contributed by atoms with van der Waals surface area (Å²) in [5, 5.41) is 11.4. The van der Waals surface area contributed by atoms with Crippen LogP contribution >= 0.6 is 11.3 Å². The highest BCUT2D eigenvalue weighted by molar-refractivity contribution is 7.09. The average Bonchev–Trinajstić information content (AvgIpc) is 3.20. The number of esters is 1. The minimum absolute atomic E-state index is 0.324. The molecule has 7 nitrogen and oxygen atoms in total. The summed E-state index contributed by atoms with van der Waals surface area (Å²) in [5.41, 5.74) is 1.43. The molecule has 0 fully saturated rings. The number of hydrogen-bond donors (Lipinski definition) is 0. The van der Waals surface area contributed by atoms with Crippen molar-refractivity contribution in [3.05, 3.63) is 39.8 Å². The quantitative estimate of drug-likeness (QED) is 0.659. The fourth-order valence-electron chi connectivity index (χ4n) is 2.88. The van der Waals surface area contributed by atoms with Gasteiger partial charge in [0, 0.05) is 23.1 Å². The number of para-hydroxylation sites is 1. The summed E-state index contributed by atoms with van der Waals surface area (Å²) in [6.07, 6.45) is 0.754. The van der Waals surface area contributed by atoms with E-state index in [1.807, 2.05) is 32.0 Å². The van der Waals surface area contributed by atoms with Crippen molar-refractivity contribution in [2.45, 2.75) is 38.7 Å². The Morgan fingerprint density at radius 2 is 2.18 bits per heavy atom. The number of fused-ring (bicyclic) bond motifs is 1. The van der Waals surface area contributed by atoms with Crippen LogP contribution in [-0.2, 0) is 20.7 Å². The third-order valence-electron chi connectivity index (χ3n) is 4.11. The molecule has 1 aromatic heterocycles. The predicted molar refractivity (Wildman–Crippen MR) is 102 cm³/mol. The normalized spacial score (nSPS) is 15.1. The van der Waals surface area contributed by atoms with Gasteiger partial charge in [0.1, 0.15) is 10.6 Å². The molecule has 28 heavy (non-hydrogen) atoms. The summed E-state index contributed by atoms with van der Waals surface area (Å²) in [4.78, 5) is 28.3. The van der Waals surface area contributed by atoms with Crippen LogP contribution in [0.2, 0.25) is 0 Å². The van der Waals surface area contributed by atoms with Crippen LogP contribution in [0.3, 0.4) is 0 Å². The molecule has 0 saturated heterocycles. The van der Waals surface area contributed by atoms with Gasteiger partial charge in [-0.1, -0.05) is 12.1 Å². The number of hydrogen-bond acceptors (Lipinski definition) is 8. The topological polar surface area (TPSA) is 98.5 Å². The molecule has 0 bridgehead atoms. The number of Topliss-reactive ketones (excluding diaryl/α,β-unsaturated/α-hetero) is 1. The van der Waals surface area contributed by atoms with Crippen LogP contribution in [0, 0.1) is 18.3 Å². The van der Waals surface area contributed by atoms with Gasteiger partial charge >= 0.3 is 5.97 Å². The van der Waals surface area contributed by atoms with Gasteiger partial charge < -0.3 is 14.2 Å². The molecule has 0 radical (unpaired) electrons. The lowest BCUT2D eigenvalue weighted by atomic mass is 10.0. The lowest BCUT2D eigenvalue weighted by Gasteiger charge is -2.18. The number of aromatic nitrogens is 1. The maximum atomic E-state index is 12.2. The lowest BCUT2D eigenvalue weighted by Crippen LogP contribution is -2.25. The second-order valence-electron chi connectivity index (χ2n) is 7.09. The first-order chi connectivity index (χ1) is 13.3. The van der Waals surface area contributed by atoms with Crippen molar-refractivity contribution in [2.75, 3.05) is 13.2 Å². The highest BCUT2D eigenvalue weighted by Crippen LogP contribution is 2.41. The summed E-state index contributed by atoms with van der Waals surface area (Å²) >= 11 is 1.23. The third-order valence-corrected chi connectivity index (χ3v) is 5.14. The lowest BCUT2D eigenvalue weighted by molar-refractivity contribution is -0.150. The number of ketones is 1. The summed E-state index contributed by atoms with van der Waals surface area (Å²) in [6.45, 7) is 4.87. The zero-order valence-electron chi connectivity index (χ0n) is 15.9. The van der Waals surface area contributed by atoms with E-state index in [1.54, 1.807) is 18.4 Å². The molecule has 0 aliphatic carbocycles. The molecule has 8 heteroatoms. The highest BCUT2D eigenvalue weighted by Gasteiger charge is 2.32. The zero-order chi connectivity index (χ0) is 20.3. The molecular weight excluding hydrogens is 380 g/mol. The molecule has 3 rings (SSSR count). The van der Waals surface area contributed by atoms with Gasteiger partial charge in [-0.25, -0.2) is 9.78 Å². The van der Waals surface area contributed by atoms with Gasteiger partial charge in [0.05, 0.1) is 6.07 Å². The summed E-state index contributed by atoms with van der Waals surface area (Å²) < 4.78 is 16.4. The molecule has 146 valence electrons. The largest absolute Gasteiger partial charge is 0.483 e. The number of ether oxygens (including phenoxy) is 3. The fourth-order valence-corrected chi connectivity index (χ4v) is 3.74. The first-order valence-corrected chi connectivity index (χ1v) is 9.61. The van der Waals surface area contributed by atoms with Gasteiger partial charge in [0.15, 0.2) is 36.4 Å². The molecule has 1 aromatic carbocycles. The zero-order valence-corrected chi connectivity index (χ0v) is 16.7. The minimum Gasteiger partial charge on any atom is -0.483 e. The summed E-state index contributed by atoms with van der Waals surface area (Å²) in [5.74, 6) is -1.17. The van der Waals surface area contributed by atoms with Gasteiger partial charge in [-0.15, -0.1) is 11.3 Å². The summed E-state index contributed by atoms with van der Waals surface area (Å²) in [6, 6.07) is 7.41. The molecule has 2 heterocycles. The van der Waals surface area contributed by atoms with Crippen LogP contribution in [0.15, 0.2) is 23.6 Å². The predicted octanol–water partition coefficient (Wildman–Crippen LogP) is 2.96. The Morgan fingerprint density at radius 1 is 1.39 bits per heavy atom. The van der Waals surface area contributed by atoms with Gasteiger partial charge in [0.25, 0.3) is 0 Å². The molecule has 0 unspecified atom stereocenters. The van der Waals surface area contributed by atoms with Crippen LogP contribution in [0.5, 0.6) is 11.5 Å². The van der Waals surface area contributed by atoms with Crippen LogP contribution in [0.25, 0.3) is 0 Å². The van der Waals surface area contributed by atoms with Crippen LogP contribution in [-0.4, -0.2) is 35.6 Å². The number of rotatable bonds is 7. The van der Waals surface area contributed by atoms with E-state index < -0.39 is 24.3 Å². The Bertz CT molecular complexity index is 944. The number of carbonyl (C=O) groups excluding carboxylic acids is 2. The van der Waals surface area contributed by atoms with Gasteiger partial charge in [-0.3, -0.25) is 4.79 Å². The number of aryl methyl sites for hydroxylation is 1. The van der Waals surface area contributed by atoms with Crippen molar-refractivity contribution < 1.29 is 23.8 Å². The molecular formula is C20H20N2O5S. The number of benzene rings is 1. The standard InChI is InChI=1S/C20H20N2O5S/c1-12-11-28-19(22-12)14(8-21)15(23)9-26-17(24)10-25-16-6-4-5-13-7-20(2,3)27-18(13)16/h4-6,11,14H,7,9-10H2,1-3H3/t14-/m0/s1. The number of thiazole rings is 1. The van der Waals surface area contributed by atoms with E-state index in [1.165, 1.54) is 11.3 Å². The molecule has 0 saturated carbocycles. The molecule has 2 aromatic rings. The first kappa shape index (κ1) is 19.8. The van der Waals surface area contributed by atoms with Crippen molar-refractivity contribution >= 4 is 23.1 Å². The maximum Gasteiger partial charge on any atom is 0.344 e. The smallest absolute Gasteiger partial charge is 0.344 e. The Labute approximate surface area is 166 Å². The SMILES string of the molecule is Cc1csc([C@@H](C#N)C(=O)COC(=O)COc2cccc3c2OC(C)(C)C3)n1. The van der Waals surface area contributed by atoms with Gasteiger partial charge in [-0.05, 0) is 26.8 Å². The number of nitriles is 1. The van der Waals surface area contributed by atoms with Crippen molar-refractivity contribution in [1.29, 1.82) is 5.26 Å². The van der Waals surface area contributed by atoms with Gasteiger partial charge in [0.2, 0.25) is 0 Å². The Balaban J connectivity index is 1.53.